The van der Waals surface area contributed by atoms with Crippen molar-refractivity contribution in [2.45, 2.75) is 50.6 Å². The van der Waals surface area contributed by atoms with Crippen molar-refractivity contribution in [3.8, 4) is 0 Å². The van der Waals surface area contributed by atoms with E-state index >= 15 is 0 Å². The molecule has 1 aromatic heterocycles. The third-order valence-electron chi connectivity index (χ3n) is 6.09. The van der Waals surface area contributed by atoms with Crippen LogP contribution in [-0.2, 0) is 22.4 Å². The standard InChI is InChI=1S/C27H30N2O2S/c30-25(20-24-16-9-19-32-24)29(18-17-21-10-3-1-4-11-21)26(22-12-5-2-6-13-22)27(31)28-23-14-7-8-15-23/h1-6,9-13,16,19,23,26H,7-8,14-15,17-18,20H2,(H,28,31)/t26-/m0/s1. The van der Waals surface area contributed by atoms with E-state index in [4.69, 9.17) is 0 Å². The Balaban J connectivity index is 1.62. The fourth-order valence-corrected chi connectivity index (χ4v) is 5.11. The molecule has 4 rings (SSSR count). The third kappa shape index (κ3) is 5.86. The normalized spacial score (nSPS) is 14.8. The van der Waals surface area contributed by atoms with Gasteiger partial charge in [0, 0.05) is 17.5 Å². The van der Waals surface area contributed by atoms with Gasteiger partial charge in [-0.25, -0.2) is 0 Å². The summed E-state index contributed by atoms with van der Waals surface area (Å²) in [7, 11) is 0. The molecule has 2 aromatic carbocycles. The summed E-state index contributed by atoms with van der Waals surface area (Å²) in [6.07, 6.45) is 5.34. The van der Waals surface area contributed by atoms with Crippen molar-refractivity contribution in [1.29, 1.82) is 0 Å². The lowest BCUT2D eigenvalue weighted by Crippen LogP contribution is -2.47. The van der Waals surface area contributed by atoms with Crippen LogP contribution in [-0.4, -0.2) is 29.3 Å². The molecule has 1 N–H and O–H groups in total. The second kappa shape index (κ2) is 11.1. The minimum absolute atomic E-state index is 0.0150. The zero-order chi connectivity index (χ0) is 22.2. The molecule has 3 aromatic rings. The first kappa shape index (κ1) is 22.3. The highest BCUT2D eigenvalue weighted by Gasteiger charge is 2.32. The molecule has 2 amide bonds. The van der Waals surface area contributed by atoms with Crippen molar-refractivity contribution in [2.75, 3.05) is 6.54 Å². The smallest absolute Gasteiger partial charge is 0.247 e. The van der Waals surface area contributed by atoms with Crippen LogP contribution in [0.15, 0.2) is 78.2 Å². The number of nitrogens with one attached hydrogen (secondary N) is 1. The molecule has 5 heteroatoms. The summed E-state index contributed by atoms with van der Waals surface area (Å²) in [6, 6.07) is 23.4. The Morgan fingerprint density at radius 3 is 2.28 bits per heavy atom. The summed E-state index contributed by atoms with van der Waals surface area (Å²) in [4.78, 5) is 29.9. The average Bonchev–Trinajstić information content (AvgIpc) is 3.52. The summed E-state index contributed by atoms with van der Waals surface area (Å²) in [6.45, 7) is 0.492. The van der Waals surface area contributed by atoms with E-state index in [0.717, 1.165) is 41.7 Å². The van der Waals surface area contributed by atoms with Crippen LogP contribution in [0.25, 0.3) is 0 Å². The lowest BCUT2D eigenvalue weighted by atomic mass is 10.0. The minimum atomic E-state index is -0.632. The van der Waals surface area contributed by atoms with Crippen LogP contribution in [0, 0.1) is 0 Å². The molecule has 0 saturated heterocycles. The third-order valence-corrected chi connectivity index (χ3v) is 6.96. The molecular weight excluding hydrogens is 416 g/mol. The molecule has 166 valence electrons. The topological polar surface area (TPSA) is 49.4 Å². The fraction of sp³-hybridized carbons (Fsp3) is 0.333. The number of rotatable bonds is 9. The largest absolute Gasteiger partial charge is 0.351 e. The summed E-state index contributed by atoms with van der Waals surface area (Å²) >= 11 is 1.58. The Morgan fingerprint density at radius 1 is 0.938 bits per heavy atom. The number of carbonyl (C=O) groups is 2. The SMILES string of the molecule is O=C(NC1CCCC1)[C@H](c1ccccc1)N(CCc1ccccc1)C(=O)Cc1cccs1. The van der Waals surface area contributed by atoms with Crippen molar-refractivity contribution in [3.63, 3.8) is 0 Å². The number of thiophene rings is 1. The number of hydrogen-bond donors (Lipinski definition) is 1. The predicted molar refractivity (Wildman–Crippen MR) is 129 cm³/mol. The number of benzene rings is 2. The highest BCUT2D eigenvalue weighted by molar-refractivity contribution is 7.10. The molecule has 32 heavy (non-hydrogen) atoms. The maximum atomic E-state index is 13.6. The lowest BCUT2D eigenvalue weighted by Gasteiger charge is -2.32. The molecule has 0 unspecified atom stereocenters. The van der Waals surface area contributed by atoms with Gasteiger partial charge in [-0.15, -0.1) is 11.3 Å². The second-order valence-corrected chi connectivity index (χ2v) is 9.41. The highest BCUT2D eigenvalue weighted by atomic mass is 32.1. The van der Waals surface area contributed by atoms with Crippen molar-refractivity contribution >= 4 is 23.2 Å². The summed E-state index contributed by atoms with van der Waals surface area (Å²) < 4.78 is 0. The van der Waals surface area contributed by atoms with Gasteiger partial charge in [-0.2, -0.15) is 0 Å². The predicted octanol–water partition coefficient (Wildman–Crippen LogP) is 5.16. The Hall–Kier alpha value is -2.92. The zero-order valence-electron chi connectivity index (χ0n) is 18.3. The van der Waals surface area contributed by atoms with E-state index in [-0.39, 0.29) is 17.9 Å². The number of hydrogen-bond acceptors (Lipinski definition) is 3. The van der Waals surface area contributed by atoms with Crippen molar-refractivity contribution < 1.29 is 9.59 Å². The van der Waals surface area contributed by atoms with E-state index < -0.39 is 6.04 Å². The molecule has 1 fully saturated rings. The minimum Gasteiger partial charge on any atom is -0.351 e. The van der Waals surface area contributed by atoms with Crippen LogP contribution in [0.4, 0.5) is 0 Å². The molecule has 1 atom stereocenters. The molecule has 0 bridgehead atoms. The first-order chi connectivity index (χ1) is 15.7. The van der Waals surface area contributed by atoms with E-state index in [2.05, 4.69) is 17.4 Å². The van der Waals surface area contributed by atoms with Crippen molar-refractivity contribution in [2.24, 2.45) is 0 Å². The quantitative estimate of drug-likeness (QED) is 0.493. The second-order valence-electron chi connectivity index (χ2n) is 8.38. The molecule has 1 heterocycles. The number of nitrogens with zero attached hydrogens (tertiary/aromatic N) is 1. The van der Waals surface area contributed by atoms with E-state index in [1.807, 2.05) is 66.0 Å². The Morgan fingerprint density at radius 2 is 1.62 bits per heavy atom. The van der Waals surface area contributed by atoms with Gasteiger partial charge in [-0.3, -0.25) is 9.59 Å². The van der Waals surface area contributed by atoms with Crippen LogP contribution < -0.4 is 5.32 Å². The molecule has 1 saturated carbocycles. The van der Waals surface area contributed by atoms with Crippen molar-refractivity contribution in [1.82, 2.24) is 10.2 Å². The van der Waals surface area contributed by atoms with Gasteiger partial charge in [-0.05, 0) is 41.8 Å². The number of carbonyl (C=O) groups excluding carboxylic acids is 2. The number of amides is 2. The first-order valence-electron chi connectivity index (χ1n) is 11.4. The maximum absolute atomic E-state index is 13.6. The van der Waals surface area contributed by atoms with Gasteiger partial charge in [-0.1, -0.05) is 79.6 Å². The average molecular weight is 447 g/mol. The van der Waals surface area contributed by atoms with Crippen LogP contribution in [0.2, 0.25) is 0 Å². The van der Waals surface area contributed by atoms with E-state index in [1.165, 1.54) is 0 Å². The molecule has 1 aliphatic carbocycles. The van der Waals surface area contributed by atoms with Crippen molar-refractivity contribution in [3.05, 3.63) is 94.2 Å². The first-order valence-corrected chi connectivity index (χ1v) is 12.3. The van der Waals surface area contributed by atoms with Crippen LogP contribution in [0.1, 0.15) is 47.7 Å². The summed E-state index contributed by atoms with van der Waals surface area (Å²) in [5.74, 6) is -0.0884. The van der Waals surface area contributed by atoms with Gasteiger partial charge >= 0.3 is 0 Å². The van der Waals surface area contributed by atoms with E-state index in [9.17, 15) is 9.59 Å². The summed E-state index contributed by atoms with van der Waals surface area (Å²) in [5, 5.41) is 5.22. The summed E-state index contributed by atoms with van der Waals surface area (Å²) in [5.41, 5.74) is 2.01. The monoisotopic (exact) mass is 446 g/mol. The maximum Gasteiger partial charge on any atom is 0.247 e. The molecule has 0 aliphatic heterocycles. The molecular formula is C27H30N2O2S. The van der Waals surface area contributed by atoms with Gasteiger partial charge in [0.15, 0.2) is 0 Å². The van der Waals surface area contributed by atoms with Crippen LogP contribution in [0.5, 0.6) is 0 Å². The molecule has 0 spiro atoms. The Labute approximate surface area is 194 Å². The van der Waals surface area contributed by atoms with Gasteiger partial charge in [0.2, 0.25) is 11.8 Å². The molecule has 1 aliphatic rings. The lowest BCUT2D eigenvalue weighted by molar-refractivity contribution is -0.140. The van der Waals surface area contributed by atoms with Gasteiger partial charge in [0.1, 0.15) is 6.04 Å². The van der Waals surface area contributed by atoms with E-state index in [1.54, 1.807) is 16.2 Å². The van der Waals surface area contributed by atoms with Crippen LogP contribution >= 0.6 is 11.3 Å². The molecule has 4 nitrogen and oxygen atoms in total. The highest BCUT2D eigenvalue weighted by Crippen LogP contribution is 2.26. The molecule has 0 radical (unpaired) electrons. The Kier molecular flexibility index (Phi) is 7.73. The fourth-order valence-electron chi connectivity index (χ4n) is 4.41. The zero-order valence-corrected chi connectivity index (χ0v) is 19.1. The van der Waals surface area contributed by atoms with Gasteiger partial charge in [0.25, 0.3) is 0 Å². The van der Waals surface area contributed by atoms with E-state index in [0.29, 0.717) is 19.4 Å². The Bertz CT molecular complexity index is 983. The van der Waals surface area contributed by atoms with Gasteiger partial charge in [0.05, 0.1) is 6.42 Å². The van der Waals surface area contributed by atoms with Crippen LogP contribution in [0.3, 0.4) is 0 Å². The van der Waals surface area contributed by atoms with Gasteiger partial charge < -0.3 is 10.2 Å².